The Balaban J connectivity index is 2.05. The Morgan fingerprint density at radius 2 is 1.71 bits per heavy atom. The number of anilines is 1. The van der Waals surface area contributed by atoms with Gasteiger partial charge >= 0.3 is 12.1 Å². The van der Waals surface area contributed by atoms with Gasteiger partial charge in [-0.15, -0.1) is 0 Å². The van der Waals surface area contributed by atoms with Crippen LogP contribution in [-0.2, 0) is 10.9 Å². The van der Waals surface area contributed by atoms with Crippen LogP contribution in [0.1, 0.15) is 33.3 Å². The SMILES string of the molecule is CCOC(=O)c1ccc(NC(=O)c2ccc(C(F)(F)F)nc2)cc1. The molecule has 0 radical (unpaired) electrons. The van der Waals surface area contributed by atoms with Crippen LogP contribution in [0, 0.1) is 0 Å². The summed E-state index contributed by atoms with van der Waals surface area (Å²) in [5, 5.41) is 2.50. The Hall–Kier alpha value is -2.90. The highest BCUT2D eigenvalue weighted by atomic mass is 19.4. The molecule has 5 nitrogen and oxygen atoms in total. The molecule has 1 aromatic heterocycles. The first kappa shape index (κ1) is 17.5. The van der Waals surface area contributed by atoms with Crippen LogP contribution in [-0.4, -0.2) is 23.5 Å². The van der Waals surface area contributed by atoms with E-state index in [1.54, 1.807) is 6.92 Å². The summed E-state index contributed by atoms with van der Waals surface area (Å²) in [5.74, 6) is -1.09. The molecule has 0 aliphatic carbocycles. The van der Waals surface area contributed by atoms with Gasteiger partial charge in [0.05, 0.1) is 17.7 Å². The molecule has 24 heavy (non-hydrogen) atoms. The molecule has 2 aromatic rings. The van der Waals surface area contributed by atoms with Crippen LogP contribution in [0.15, 0.2) is 42.6 Å². The minimum Gasteiger partial charge on any atom is -0.462 e. The summed E-state index contributed by atoms with van der Waals surface area (Å²) in [6, 6.07) is 7.69. The third kappa shape index (κ3) is 4.31. The minimum atomic E-state index is -4.56. The van der Waals surface area contributed by atoms with Gasteiger partial charge in [-0.1, -0.05) is 0 Å². The fraction of sp³-hybridized carbons (Fsp3) is 0.188. The number of ether oxygens (including phenoxy) is 1. The number of benzene rings is 1. The van der Waals surface area contributed by atoms with Crippen molar-refractivity contribution in [3.63, 3.8) is 0 Å². The second kappa shape index (κ2) is 7.12. The number of pyridine rings is 1. The zero-order valence-electron chi connectivity index (χ0n) is 12.6. The smallest absolute Gasteiger partial charge is 0.433 e. The Morgan fingerprint density at radius 3 is 2.21 bits per heavy atom. The molecule has 0 bridgehead atoms. The van der Waals surface area contributed by atoms with Gasteiger partial charge in [-0.3, -0.25) is 9.78 Å². The molecule has 0 saturated carbocycles. The van der Waals surface area contributed by atoms with E-state index in [4.69, 9.17) is 4.74 Å². The van der Waals surface area contributed by atoms with Gasteiger partial charge in [-0.25, -0.2) is 4.79 Å². The molecule has 0 fully saturated rings. The zero-order valence-corrected chi connectivity index (χ0v) is 12.6. The first-order chi connectivity index (χ1) is 11.3. The highest BCUT2D eigenvalue weighted by Crippen LogP contribution is 2.27. The second-order valence-corrected chi connectivity index (χ2v) is 4.68. The van der Waals surface area contributed by atoms with Crippen LogP contribution in [0.2, 0.25) is 0 Å². The predicted molar refractivity (Wildman–Crippen MR) is 79.6 cm³/mol. The van der Waals surface area contributed by atoms with E-state index in [2.05, 4.69) is 10.3 Å². The predicted octanol–water partition coefficient (Wildman–Crippen LogP) is 3.53. The first-order valence-electron chi connectivity index (χ1n) is 6.93. The molecular weight excluding hydrogens is 325 g/mol. The van der Waals surface area contributed by atoms with Gasteiger partial charge in [0.15, 0.2) is 0 Å². The molecule has 126 valence electrons. The van der Waals surface area contributed by atoms with Gasteiger partial charge in [0.2, 0.25) is 0 Å². The number of alkyl halides is 3. The zero-order chi connectivity index (χ0) is 17.7. The maximum absolute atomic E-state index is 12.4. The number of carbonyl (C=O) groups is 2. The molecule has 1 heterocycles. The van der Waals surface area contributed by atoms with E-state index in [1.165, 1.54) is 24.3 Å². The highest BCUT2D eigenvalue weighted by Gasteiger charge is 2.32. The standard InChI is InChI=1S/C16H13F3N2O3/c1-2-24-15(23)10-3-6-12(7-4-10)21-14(22)11-5-8-13(20-9-11)16(17,18)19/h3-9H,2H2,1H3,(H,21,22). The topological polar surface area (TPSA) is 68.3 Å². The number of nitrogens with zero attached hydrogens (tertiary/aromatic N) is 1. The fourth-order valence-electron chi connectivity index (χ4n) is 1.80. The van der Waals surface area contributed by atoms with Crippen LogP contribution >= 0.6 is 0 Å². The largest absolute Gasteiger partial charge is 0.462 e. The third-order valence-corrected chi connectivity index (χ3v) is 2.97. The van der Waals surface area contributed by atoms with Crippen molar-refractivity contribution in [2.24, 2.45) is 0 Å². The Morgan fingerprint density at radius 1 is 1.08 bits per heavy atom. The van der Waals surface area contributed by atoms with E-state index < -0.39 is 23.7 Å². The lowest BCUT2D eigenvalue weighted by Gasteiger charge is -2.08. The molecule has 0 unspecified atom stereocenters. The number of aromatic nitrogens is 1. The van der Waals surface area contributed by atoms with E-state index in [0.717, 1.165) is 18.3 Å². The van der Waals surface area contributed by atoms with Crippen molar-refractivity contribution in [2.45, 2.75) is 13.1 Å². The number of amides is 1. The summed E-state index contributed by atoms with van der Waals surface area (Å²) in [6.07, 6.45) is -3.71. The number of esters is 1. The summed E-state index contributed by atoms with van der Waals surface area (Å²) in [4.78, 5) is 26.7. The number of halogens is 3. The van der Waals surface area contributed by atoms with Crippen LogP contribution in [0.25, 0.3) is 0 Å². The van der Waals surface area contributed by atoms with Crippen LogP contribution in [0.5, 0.6) is 0 Å². The average molecular weight is 338 g/mol. The summed E-state index contributed by atoms with van der Waals surface area (Å²) in [7, 11) is 0. The summed E-state index contributed by atoms with van der Waals surface area (Å²) >= 11 is 0. The summed E-state index contributed by atoms with van der Waals surface area (Å²) in [5.41, 5.74) is -0.380. The lowest BCUT2D eigenvalue weighted by molar-refractivity contribution is -0.141. The number of carbonyl (C=O) groups excluding carboxylic acids is 2. The fourth-order valence-corrected chi connectivity index (χ4v) is 1.80. The second-order valence-electron chi connectivity index (χ2n) is 4.68. The van der Waals surface area contributed by atoms with Gasteiger partial charge in [-0.2, -0.15) is 13.2 Å². The molecular formula is C16H13F3N2O3. The van der Waals surface area contributed by atoms with E-state index in [-0.39, 0.29) is 12.2 Å². The molecule has 8 heteroatoms. The van der Waals surface area contributed by atoms with Gasteiger partial charge in [0, 0.05) is 11.9 Å². The van der Waals surface area contributed by atoms with Crippen molar-refractivity contribution < 1.29 is 27.5 Å². The third-order valence-electron chi connectivity index (χ3n) is 2.97. The molecule has 1 N–H and O–H groups in total. The Kier molecular flexibility index (Phi) is 5.18. The van der Waals surface area contributed by atoms with E-state index in [0.29, 0.717) is 11.3 Å². The number of hydrogen-bond acceptors (Lipinski definition) is 4. The van der Waals surface area contributed by atoms with Crippen molar-refractivity contribution in [1.29, 1.82) is 0 Å². The molecule has 0 saturated heterocycles. The maximum Gasteiger partial charge on any atom is 0.433 e. The lowest BCUT2D eigenvalue weighted by Crippen LogP contribution is -2.14. The van der Waals surface area contributed by atoms with Gasteiger partial charge < -0.3 is 10.1 Å². The molecule has 2 rings (SSSR count). The van der Waals surface area contributed by atoms with Crippen LogP contribution in [0.4, 0.5) is 18.9 Å². The monoisotopic (exact) mass is 338 g/mol. The number of rotatable bonds is 4. The van der Waals surface area contributed by atoms with Crippen molar-refractivity contribution in [1.82, 2.24) is 4.98 Å². The van der Waals surface area contributed by atoms with Crippen LogP contribution < -0.4 is 5.32 Å². The lowest BCUT2D eigenvalue weighted by atomic mass is 10.2. The van der Waals surface area contributed by atoms with Gasteiger partial charge in [-0.05, 0) is 43.3 Å². The van der Waals surface area contributed by atoms with E-state index >= 15 is 0 Å². The minimum absolute atomic E-state index is 0.0162. The van der Waals surface area contributed by atoms with Crippen molar-refractivity contribution in [3.05, 3.63) is 59.4 Å². The molecule has 0 aliphatic rings. The number of nitrogens with one attached hydrogen (secondary N) is 1. The summed E-state index contributed by atoms with van der Waals surface area (Å²) < 4.78 is 42.1. The molecule has 0 atom stereocenters. The van der Waals surface area contributed by atoms with Gasteiger partial charge in [0.1, 0.15) is 5.69 Å². The molecule has 0 spiro atoms. The molecule has 1 aromatic carbocycles. The van der Waals surface area contributed by atoms with Crippen molar-refractivity contribution >= 4 is 17.6 Å². The number of hydrogen-bond donors (Lipinski definition) is 1. The van der Waals surface area contributed by atoms with Crippen molar-refractivity contribution in [2.75, 3.05) is 11.9 Å². The molecule has 1 amide bonds. The van der Waals surface area contributed by atoms with Gasteiger partial charge in [0.25, 0.3) is 5.91 Å². The van der Waals surface area contributed by atoms with E-state index in [1.807, 2.05) is 0 Å². The van der Waals surface area contributed by atoms with Crippen LogP contribution in [0.3, 0.4) is 0 Å². The normalized spacial score (nSPS) is 11.0. The average Bonchev–Trinajstić information content (AvgIpc) is 2.55. The summed E-state index contributed by atoms with van der Waals surface area (Å²) in [6.45, 7) is 1.93. The Labute approximate surface area is 135 Å². The van der Waals surface area contributed by atoms with E-state index in [9.17, 15) is 22.8 Å². The highest BCUT2D eigenvalue weighted by molar-refractivity contribution is 6.04. The quantitative estimate of drug-likeness (QED) is 0.866. The Bertz CT molecular complexity index is 726. The molecule has 0 aliphatic heterocycles. The van der Waals surface area contributed by atoms with Crippen molar-refractivity contribution in [3.8, 4) is 0 Å². The maximum atomic E-state index is 12.4. The first-order valence-corrected chi connectivity index (χ1v) is 6.93.